The summed E-state index contributed by atoms with van der Waals surface area (Å²) in [5, 5.41) is 10.5. The number of hydrogen-bond acceptors (Lipinski definition) is 1. The molecule has 0 amide bonds. The molecule has 1 nitrogen and oxygen atoms in total. The molecule has 0 spiro atoms. The van der Waals surface area contributed by atoms with Crippen molar-refractivity contribution in [1.82, 2.24) is 0 Å². The minimum absolute atomic E-state index is 0.0765. The van der Waals surface area contributed by atoms with E-state index in [9.17, 15) is 5.11 Å². The van der Waals surface area contributed by atoms with E-state index in [0.29, 0.717) is 11.8 Å². The zero-order valence-electron chi connectivity index (χ0n) is 10.9. The quantitative estimate of drug-likeness (QED) is 0.730. The van der Waals surface area contributed by atoms with Crippen molar-refractivity contribution in [3.8, 4) is 0 Å². The molecule has 0 radical (unpaired) electrons. The van der Waals surface area contributed by atoms with E-state index in [-0.39, 0.29) is 11.5 Å². The first kappa shape index (κ1) is 13.0. The fourth-order valence-electron chi connectivity index (χ4n) is 3.34. The zero-order valence-corrected chi connectivity index (χ0v) is 10.9. The summed E-state index contributed by atoms with van der Waals surface area (Å²) in [6.45, 7) is 8.95. The van der Waals surface area contributed by atoms with E-state index in [0.717, 1.165) is 6.42 Å². The third kappa shape index (κ3) is 2.96. The minimum atomic E-state index is -0.0765. The summed E-state index contributed by atoms with van der Waals surface area (Å²) in [6.07, 6.45) is 7.36. The Morgan fingerprint density at radius 3 is 2.07 bits per heavy atom. The Kier molecular flexibility index (Phi) is 4.64. The molecule has 15 heavy (non-hydrogen) atoms. The van der Waals surface area contributed by atoms with Crippen LogP contribution in [-0.2, 0) is 0 Å². The lowest BCUT2D eigenvalue weighted by Crippen LogP contribution is -2.38. The van der Waals surface area contributed by atoms with Gasteiger partial charge in [-0.05, 0) is 36.5 Å². The lowest BCUT2D eigenvalue weighted by atomic mass is 9.70. The van der Waals surface area contributed by atoms with Crippen LogP contribution in [0.15, 0.2) is 0 Å². The smallest absolute Gasteiger partial charge is 0.0621 e. The number of rotatable bonds is 5. The third-order valence-corrected chi connectivity index (χ3v) is 4.22. The molecule has 0 aromatic rings. The van der Waals surface area contributed by atoms with Crippen molar-refractivity contribution in [2.24, 2.45) is 17.3 Å². The summed E-state index contributed by atoms with van der Waals surface area (Å²) >= 11 is 0. The highest BCUT2D eigenvalue weighted by atomic mass is 16.3. The summed E-state index contributed by atoms with van der Waals surface area (Å²) in [7, 11) is 0. The van der Waals surface area contributed by atoms with Crippen LogP contribution in [0.2, 0.25) is 0 Å². The molecular formula is C14H28O. The summed E-state index contributed by atoms with van der Waals surface area (Å²) in [5.74, 6) is 1.17. The number of hydrogen-bond donors (Lipinski definition) is 1. The van der Waals surface area contributed by atoms with E-state index < -0.39 is 0 Å². The van der Waals surface area contributed by atoms with E-state index in [2.05, 4.69) is 27.7 Å². The summed E-state index contributed by atoms with van der Waals surface area (Å²) in [4.78, 5) is 0. The molecule has 1 N–H and O–H groups in total. The standard InChI is InChI=1S/C14H28O/c1-5-12(4)13(15)14(10-11(2)3)8-6-7-9-14/h11-13,15H,5-10H2,1-4H3. The Bertz CT molecular complexity index is 180. The van der Waals surface area contributed by atoms with Crippen LogP contribution in [0, 0.1) is 17.3 Å². The van der Waals surface area contributed by atoms with E-state index >= 15 is 0 Å². The summed E-state index contributed by atoms with van der Waals surface area (Å²) < 4.78 is 0. The predicted octanol–water partition coefficient (Wildman–Crippen LogP) is 4.00. The van der Waals surface area contributed by atoms with Gasteiger partial charge in [0.15, 0.2) is 0 Å². The maximum atomic E-state index is 10.5. The number of aliphatic hydroxyl groups is 1. The summed E-state index contributed by atoms with van der Waals surface area (Å²) in [5.41, 5.74) is 0.254. The van der Waals surface area contributed by atoms with Crippen molar-refractivity contribution >= 4 is 0 Å². The third-order valence-electron chi connectivity index (χ3n) is 4.22. The van der Waals surface area contributed by atoms with E-state index in [1.54, 1.807) is 0 Å². The van der Waals surface area contributed by atoms with Gasteiger partial charge in [-0.25, -0.2) is 0 Å². The van der Waals surface area contributed by atoms with Gasteiger partial charge < -0.3 is 5.11 Å². The molecule has 90 valence electrons. The Morgan fingerprint density at radius 1 is 1.13 bits per heavy atom. The van der Waals surface area contributed by atoms with Crippen LogP contribution in [0.1, 0.15) is 66.2 Å². The second-order valence-corrected chi connectivity index (χ2v) is 6.00. The SMILES string of the molecule is CCC(C)C(O)C1(CC(C)C)CCCC1. The molecule has 0 bridgehead atoms. The highest BCUT2D eigenvalue weighted by Crippen LogP contribution is 2.48. The van der Waals surface area contributed by atoms with Crippen LogP contribution in [-0.4, -0.2) is 11.2 Å². The maximum absolute atomic E-state index is 10.5. The van der Waals surface area contributed by atoms with Crippen molar-refractivity contribution in [3.63, 3.8) is 0 Å². The van der Waals surface area contributed by atoms with Crippen LogP contribution in [0.25, 0.3) is 0 Å². The zero-order chi connectivity index (χ0) is 11.5. The lowest BCUT2D eigenvalue weighted by molar-refractivity contribution is -0.0247. The Hall–Kier alpha value is -0.0400. The second-order valence-electron chi connectivity index (χ2n) is 6.00. The molecule has 2 unspecified atom stereocenters. The fraction of sp³-hybridized carbons (Fsp3) is 1.00. The molecule has 0 aromatic heterocycles. The molecule has 1 saturated carbocycles. The first-order chi connectivity index (χ1) is 7.02. The molecule has 1 rings (SSSR count). The molecule has 1 aliphatic carbocycles. The van der Waals surface area contributed by atoms with Gasteiger partial charge in [0.2, 0.25) is 0 Å². The average molecular weight is 212 g/mol. The van der Waals surface area contributed by atoms with Crippen LogP contribution < -0.4 is 0 Å². The van der Waals surface area contributed by atoms with Crippen LogP contribution in [0.4, 0.5) is 0 Å². The van der Waals surface area contributed by atoms with Crippen molar-refractivity contribution in [2.75, 3.05) is 0 Å². The van der Waals surface area contributed by atoms with Gasteiger partial charge in [0.1, 0.15) is 0 Å². The highest BCUT2D eigenvalue weighted by molar-refractivity contribution is 4.93. The van der Waals surface area contributed by atoms with E-state index in [4.69, 9.17) is 0 Å². The second kappa shape index (κ2) is 5.34. The first-order valence-electron chi connectivity index (χ1n) is 6.70. The average Bonchev–Trinajstić information content (AvgIpc) is 2.64. The largest absolute Gasteiger partial charge is 0.392 e. The molecular weight excluding hydrogens is 184 g/mol. The van der Waals surface area contributed by atoms with Gasteiger partial charge >= 0.3 is 0 Å². The topological polar surface area (TPSA) is 20.2 Å². The highest BCUT2D eigenvalue weighted by Gasteiger charge is 2.42. The van der Waals surface area contributed by atoms with E-state index in [1.807, 2.05) is 0 Å². The van der Waals surface area contributed by atoms with E-state index in [1.165, 1.54) is 32.1 Å². The Morgan fingerprint density at radius 2 is 1.67 bits per heavy atom. The number of aliphatic hydroxyl groups excluding tert-OH is 1. The van der Waals surface area contributed by atoms with Crippen molar-refractivity contribution in [1.29, 1.82) is 0 Å². The van der Waals surface area contributed by atoms with Gasteiger partial charge in [0.25, 0.3) is 0 Å². The van der Waals surface area contributed by atoms with Gasteiger partial charge in [-0.2, -0.15) is 0 Å². The van der Waals surface area contributed by atoms with Gasteiger partial charge in [-0.1, -0.05) is 47.0 Å². The van der Waals surface area contributed by atoms with Crippen molar-refractivity contribution < 1.29 is 5.11 Å². The lowest BCUT2D eigenvalue weighted by Gasteiger charge is -2.39. The molecule has 0 heterocycles. The van der Waals surface area contributed by atoms with Crippen LogP contribution >= 0.6 is 0 Å². The van der Waals surface area contributed by atoms with Gasteiger partial charge in [0, 0.05) is 0 Å². The van der Waals surface area contributed by atoms with Crippen molar-refractivity contribution in [2.45, 2.75) is 72.3 Å². The van der Waals surface area contributed by atoms with Crippen molar-refractivity contribution in [3.05, 3.63) is 0 Å². The monoisotopic (exact) mass is 212 g/mol. The molecule has 1 heteroatoms. The minimum Gasteiger partial charge on any atom is -0.392 e. The van der Waals surface area contributed by atoms with Crippen LogP contribution in [0.3, 0.4) is 0 Å². The van der Waals surface area contributed by atoms with Gasteiger partial charge in [-0.15, -0.1) is 0 Å². The Labute approximate surface area is 95.3 Å². The molecule has 0 saturated heterocycles. The fourth-order valence-corrected chi connectivity index (χ4v) is 3.34. The van der Waals surface area contributed by atoms with Gasteiger partial charge in [-0.3, -0.25) is 0 Å². The summed E-state index contributed by atoms with van der Waals surface area (Å²) in [6, 6.07) is 0. The van der Waals surface area contributed by atoms with Crippen LogP contribution in [0.5, 0.6) is 0 Å². The molecule has 1 aliphatic rings. The molecule has 0 aliphatic heterocycles. The first-order valence-corrected chi connectivity index (χ1v) is 6.70. The predicted molar refractivity (Wildman–Crippen MR) is 65.8 cm³/mol. The molecule has 0 aromatic carbocycles. The maximum Gasteiger partial charge on any atom is 0.0621 e. The normalized spacial score (nSPS) is 24.4. The molecule has 2 atom stereocenters. The van der Waals surface area contributed by atoms with Gasteiger partial charge in [0.05, 0.1) is 6.10 Å². The molecule has 1 fully saturated rings. The Balaban J connectivity index is 2.71.